The number of non-ortho nitro benzene ring substituents is 1. The van der Waals surface area contributed by atoms with Crippen LogP contribution in [-0.2, 0) is 4.79 Å². The topological polar surface area (TPSA) is 117 Å². The van der Waals surface area contributed by atoms with Crippen LogP contribution in [0.3, 0.4) is 0 Å². The van der Waals surface area contributed by atoms with Crippen LogP contribution in [-0.4, -0.2) is 28.7 Å². The van der Waals surface area contributed by atoms with E-state index >= 15 is 0 Å². The molecule has 0 radical (unpaired) electrons. The average Bonchev–Trinajstić information content (AvgIpc) is 2.56. The number of rotatable bonds is 6. The van der Waals surface area contributed by atoms with Crippen molar-refractivity contribution in [2.75, 3.05) is 11.9 Å². The van der Waals surface area contributed by atoms with Crippen molar-refractivity contribution in [1.82, 2.24) is 5.43 Å². The molecule has 0 bridgehead atoms. The molecule has 9 heteroatoms. The van der Waals surface area contributed by atoms with Crippen LogP contribution in [0.4, 0.5) is 11.4 Å². The van der Waals surface area contributed by atoms with Crippen molar-refractivity contribution < 1.29 is 14.8 Å². The third kappa shape index (κ3) is 4.96. The van der Waals surface area contributed by atoms with E-state index in [0.29, 0.717) is 5.02 Å². The summed E-state index contributed by atoms with van der Waals surface area (Å²) in [7, 11) is 0. The molecule has 0 unspecified atom stereocenters. The normalized spacial score (nSPS) is 10.5. The summed E-state index contributed by atoms with van der Waals surface area (Å²) in [6.45, 7) is -0.0279. The predicted molar refractivity (Wildman–Crippen MR) is 90.4 cm³/mol. The van der Waals surface area contributed by atoms with E-state index in [1.165, 1.54) is 12.1 Å². The van der Waals surface area contributed by atoms with Crippen molar-refractivity contribution in [2.45, 2.75) is 0 Å². The van der Waals surface area contributed by atoms with E-state index in [9.17, 15) is 20.0 Å². The Kier molecular flexibility index (Phi) is 5.69. The molecule has 24 heavy (non-hydrogen) atoms. The molecule has 124 valence electrons. The van der Waals surface area contributed by atoms with Gasteiger partial charge in [0.05, 0.1) is 17.7 Å². The summed E-state index contributed by atoms with van der Waals surface area (Å²) in [5.41, 5.74) is 2.90. The molecule has 0 heterocycles. The molecule has 8 nitrogen and oxygen atoms in total. The fourth-order valence-electron chi connectivity index (χ4n) is 1.72. The largest absolute Gasteiger partial charge is 0.507 e. The third-order valence-electron chi connectivity index (χ3n) is 2.91. The monoisotopic (exact) mass is 348 g/mol. The molecule has 2 rings (SSSR count). The van der Waals surface area contributed by atoms with Crippen molar-refractivity contribution in [1.29, 1.82) is 0 Å². The molecule has 0 aliphatic carbocycles. The number of amides is 1. The third-order valence-corrected chi connectivity index (χ3v) is 3.16. The lowest BCUT2D eigenvalue weighted by Crippen LogP contribution is -2.25. The fraction of sp³-hybridized carbons (Fsp3) is 0.0667. The zero-order chi connectivity index (χ0) is 17.5. The summed E-state index contributed by atoms with van der Waals surface area (Å²) in [4.78, 5) is 21.7. The van der Waals surface area contributed by atoms with Gasteiger partial charge in [-0.2, -0.15) is 5.10 Å². The Balaban J connectivity index is 1.89. The Labute approximate surface area is 141 Å². The molecule has 0 fully saturated rings. The van der Waals surface area contributed by atoms with Gasteiger partial charge in [-0.1, -0.05) is 11.6 Å². The Morgan fingerprint density at radius 1 is 1.29 bits per heavy atom. The number of halogens is 1. The Morgan fingerprint density at radius 3 is 2.67 bits per heavy atom. The first kappa shape index (κ1) is 17.2. The number of hydrogen-bond acceptors (Lipinski definition) is 6. The number of nitrogens with zero attached hydrogens (tertiary/aromatic N) is 2. The molecule has 0 spiro atoms. The number of carbonyl (C=O) groups excluding carboxylic acids is 1. The molecule has 2 aromatic carbocycles. The first-order valence-electron chi connectivity index (χ1n) is 6.74. The van der Waals surface area contributed by atoms with Crippen molar-refractivity contribution in [3.63, 3.8) is 0 Å². The number of hydrogen-bond donors (Lipinski definition) is 3. The zero-order valence-corrected chi connectivity index (χ0v) is 13.0. The number of nitro groups is 1. The minimum Gasteiger partial charge on any atom is -0.507 e. The van der Waals surface area contributed by atoms with Crippen LogP contribution >= 0.6 is 11.6 Å². The van der Waals surface area contributed by atoms with Crippen LogP contribution in [0.2, 0.25) is 5.02 Å². The highest BCUT2D eigenvalue weighted by Crippen LogP contribution is 2.21. The van der Waals surface area contributed by atoms with E-state index in [2.05, 4.69) is 15.8 Å². The van der Waals surface area contributed by atoms with Gasteiger partial charge in [0.25, 0.3) is 11.6 Å². The van der Waals surface area contributed by atoms with Crippen LogP contribution in [0.15, 0.2) is 47.6 Å². The van der Waals surface area contributed by atoms with Crippen LogP contribution in [0.5, 0.6) is 5.75 Å². The van der Waals surface area contributed by atoms with Gasteiger partial charge in [0, 0.05) is 28.4 Å². The predicted octanol–water partition coefficient (Wildman–Crippen LogP) is 2.52. The van der Waals surface area contributed by atoms with Gasteiger partial charge < -0.3 is 10.4 Å². The second-order valence-electron chi connectivity index (χ2n) is 4.65. The number of nitro benzene ring substituents is 1. The summed E-state index contributed by atoms with van der Waals surface area (Å²) in [5.74, 6) is -0.607. The van der Waals surface area contributed by atoms with Crippen molar-refractivity contribution in [3.05, 3.63) is 63.2 Å². The van der Waals surface area contributed by atoms with E-state index < -0.39 is 10.8 Å². The van der Waals surface area contributed by atoms with Gasteiger partial charge in [-0.25, -0.2) is 5.43 Å². The number of aromatic hydroxyl groups is 1. The van der Waals surface area contributed by atoms with E-state index in [4.69, 9.17) is 11.6 Å². The van der Waals surface area contributed by atoms with Gasteiger partial charge in [0.2, 0.25) is 0 Å². The summed E-state index contributed by atoms with van der Waals surface area (Å²) >= 11 is 5.76. The number of phenols is 1. The van der Waals surface area contributed by atoms with Crippen molar-refractivity contribution >= 4 is 35.1 Å². The lowest BCUT2D eigenvalue weighted by Gasteiger charge is -2.05. The second kappa shape index (κ2) is 7.93. The molecule has 2 aromatic rings. The summed E-state index contributed by atoms with van der Waals surface area (Å²) in [6.07, 6.45) is 1.13. The van der Waals surface area contributed by atoms with Crippen LogP contribution in [0.25, 0.3) is 0 Å². The van der Waals surface area contributed by atoms with Gasteiger partial charge in [0.1, 0.15) is 5.75 Å². The SMILES string of the molecule is O=C(CNc1ccc(Cl)cc1)N/N=C\c1cc([N+](=O)[O-])ccc1O. The van der Waals surface area contributed by atoms with Crippen LogP contribution in [0.1, 0.15) is 5.56 Å². The van der Waals surface area contributed by atoms with Gasteiger partial charge >= 0.3 is 0 Å². The van der Waals surface area contributed by atoms with Gasteiger partial charge in [-0.05, 0) is 30.3 Å². The Morgan fingerprint density at radius 2 is 2.00 bits per heavy atom. The van der Waals surface area contributed by atoms with Crippen LogP contribution < -0.4 is 10.7 Å². The number of benzene rings is 2. The highest BCUT2D eigenvalue weighted by molar-refractivity contribution is 6.30. The van der Waals surface area contributed by atoms with Gasteiger partial charge in [0.15, 0.2) is 0 Å². The maximum absolute atomic E-state index is 11.6. The number of phenolic OH excluding ortho intramolecular Hbond substituents is 1. The number of anilines is 1. The molecular weight excluding hydrogens is 336 g/mol. The number of nitrogens with one attached hydrogen (secondary N) is 2. The van der Waals surface area contributed by atoms with Crippen LogP contribution in [0, 0.1) is 10.1 Å². The molecule has 0 aliphatic heterocycles. The van der Waals surface area contributed by atoms with E-state index in [1.807, 2.05) is 0 Å². The lowest BCUT2D eigenvalue weighted by atomic mass is 10.2. The Bertz CT molecular complexity index is 778. The summed E-state index contributed by atoms with van der Waals surface area (Å²) < 4.78 is 0. The average molecular weight is 349 g/mol. The fourth-order valence-corrected chi connectivity index (χ4v) is 1.85. The quantitative estimate of drug-likeness (QED) is 0.421. The summed E-state index contributed by atoms with van der Waals surface area (Å²) in [6, 6.07) is 10.3. The first-order valence-corrected chi connectivity index (χ1v) is 7.12. The van der Waals surface area contributed by atoms with Crippen molar-refractivity contribution in [2.24, 2.45) is 5.10 Å². The molecule has 0 aromatic heterocycles. The number of hydrazone groups is 1. The number of carbonyl (C=O) groups is 1. The minimum atomic E-state index is -0.592. The maximum Gasteiger partial charge on any atom is 0.270 e. The maximum atomic E-state index is 11.6. The smallest absolute Gasteiger partial charge is 0.270 e. The molecule has 0 atom stereocenters. The van der Waals surface area contributed by atoms with Gasteiger partial charge in [-0.15, -0.1) is 0 Å². The standard InChI is InChI=1S/C15H13ClN4O4/c16-11-1-3-12(4-2-11)17-9-15(22)19-18-8-10-7-13(20(23)24)5-6-14(10)21/h1-8,17,21H,9H2,(H,19,22)/b18-8-. The highest BCUT2D eigenvalue weighted by Gasteiger charge is 2.08. The van der Waals surface area contributed by atoms with Crippen molar-refractivity contribution in [3.8, 4) is 5.75 Å². The first-order chi connectivity index (χ1) is 11.5. The molecule has 0 saturated heterocycles. The van der Waals surface area contributed by atoms with Gasteiger partial charge in [-0.3, -0.25) is 14.9 Å². The molecule has 0 aliphatic rings. The lowest BCUT2D eigenvalue weighted by molar-refractivity contribution is -0.384. The molecule has 0 saturated carbocycles. The summed E-state index contributed by atoms with van der Waals surface area (Å²) in [5, 5.41) is 27.4. The second-order valence-corrected chi connectivity index (χ2v) is 5.09. The zero-order valence-electron chi connectivity index (χ0n) is 12.3. The van der Waals surface area contributed by atoms with E-state index in [-0.39, 0.29) is 23.5 Å². The van der Waals surface area contributed by atoms with E-state index in [1.54, 1.807) is 24.3 Å². The highest BCUT2D eigenvalue weighted by atomic mass is 35.5. The van der Waals surface area contributed by atoms with E-state index in [0.717, 1.165) is 18.0 Å². The molecule has 1 amide bonds. The minimum absolute atomic E-state index is 0.0279. The molecular formula is C15H13ClN4O4. The molecule has 3 N–H and O–H groups in total. The Hall–Kier alpha value is -3.13.